The van der Waals surface area contributed by atoms with Crippen molar-refractivity contribution in [3.05, 3.63) is 62.7 Å². The minimum atomic E-state index is -0.171. The van der Waals surface area contributed by atoms with Crippen LogP contribution in [0.3, 0.4) is 0 Å². The molecular weight excluding hydrogens is 386 g/mol. The Morgan fingerprint density at radius 1 is 1.24 bits per heavy atom. The Labute approximate surface area is 174 Å². The van der Waals surface area contributed by atoms with E-state index in [9.17, 15) is 9.59 Å². The molecule has 3 aromatic rings. The van der Waals surface area contributed by atoms with Crippen LogP contribution >= 0.6 is 11.6 Å². The molecule has 2 heterocycles. The zero-order valence-electron chi connectivity index (χ0n) is 16.6. The molecule has 0 aliphatic heterocycles. The first-order valence-corrected chi connectivity index (χ1v) is 10.7. The van der Waals surface area contributed by atoms with Crippen LogP contribution in [0.2, 0.25) is 5.02 Å². The summed E-state index contributed by atoms with van der Waals surface area (Å²) < 4.78 is 1.81. The molecule has 2 aliphatic carbocycles. The Kier molecular flexibility index (Phi) is 4.32. The Hall–Kier alpha value is -2.53. The fraction of sp³-hybridized carbons (Fsp3) is 0.391. The zero-order valence-corrected chi connectivity index (χ0v) is 17.3. The number of aromatic amines is 1. The van der Waals surface area contributed by atoms with Crippen molar-refractivity contribution < 1.29 is 4.79 Å². The number of nitrogens with zero attached hydrogens (tertiary/aromatic N) is 1. The van der Waals surface area contributed by atoms with Crippen molar-refractivity contribution in [3.63, 3.8) is 0 Å². The third-order valence-electron chi connectivity index (χ3n) is 6.20. The van der Waals surface area contributed by atoms with Crippen LogP contribution in [0.15, 0.2) is 35.4 Å². The van der Waals surface area contributed by atoms with E-state index in [-0.39, 0.29) is 23.4 Å². The molecule has 1 amide bonds. The minimum absolute atomic E-state index is 0.0747. The van der Waals surface area contributed by atoms with Crippen LogP contribution in [0.25, 0.3) is 16.8 Å². The zero-order chi connectivity index (χ0) is 20.3. The number of carbonyl (C=O) groups excluding carboxylic acids is 1. The quantitative estimate of drug-likeness (QED) is 0.643. The normalized spacial score (nSPS) is 17.5. The number of aromatic nitrogens is 2. The van der Waals surface area contributed by atoms with E-state index in [1.54, 1.807) is 0 Å². The lowest BCUT2D eigenvalue weighted by atomic mass is 10.1. The Morgan fingerprint density at radius 3 is 2.66 bits per heavy atom. The van der Waals surface area contributed by atoms with Crippen molar-refractivity contribution in [2.75, 3.05) is 0 Å². The summed E-state index contributed by atoms with van der Waals surface area (Å²) in [4.78, 5) is 29.0. The molecule has 2 N–H and O–H groups in total. The predicted molar refractivity (Wildman–Crippen MR) is 115 cm³/mol. The smallest absolute Gasteiger partial charge is 0.273 e. The fourth-order valence-corrected chi connectivity index (χ4v) is 4.29. The Bertz CT molecular complexity index is 1180. The number of H-pyrrole nitrogens is 1. The third kappa shape index (κ3) is 3.38. The van der Waals surface area contributed by atoms with Gasteiger partial charge in [-0.15, -0.1) is 0 Å². The van der Waals surface area contributed by atoms with E-state index < -0.39 is 0 Å². The van der Waals surface area contributed by atoms with Gasteiger partial charge in [-0.1, -0.05) is 23.7 Å². The van der Waals surface area contributed by atoms with Gasteiger partial charge in [0.15, 0.2) is 0 Å². The number of rotatable bonds is 5. The second-order valence-corrected chi connectivity index (χ2v) is 8.95. The van der Waals surface area contributed by atoms with Crippen LogP contribution in [0.5, 0.6) is 0 Å². The van der Waals surface area contributed by atoms with E-state index >= 15 is 0 Å². The highest BCUT2D eigenvalue weighted by Crippen LogP contribution is 2.44. The van der Waals surface area contributed by atoms with Gasteiger partial charge in [0, 0.05) is 29.0 Å². The summed E-state index contributed by atoms with van der Waals surface area (Å²) in [6, 6.07) is 5.89. The molecule has 29 heavy (non-hydrogen) atoms. The molecule has 2 saturated carbocycles. The van der Waals surface area contributed by atoms with E-state index in [0.717, 1.165) is 29.5 Å². The van der Waals surface area contributed by atoms with Gasteiger partial charge in [-0.05, 0) is 68.6 Å². The number of benzene rings is 1. The lowest BCUT2D eigenvalue weighted by Crippen LogP contribution is -2.34. The third-order valence-corrected chi connectivity index (χ3v) is 6.61. The lowest BCUT2D eigenvalue weighted by Gasteiger charge is -2.12. The van der Waals surface area contributed by atoms with Gasteiger partial charge in [0.2, 0.25) is 0 Å². The average molecular weight is 410 g/mol. The summed E-state index contributed by atoms with van der Waals surface area (Å²) in [5.41, 5.74) is 4.44. The highest BCUT2D eigenvalue weighted by Gasteiger charge is 2.34. The van der Waals surface area contributed by atoms with Crippen LogP contribution in [-0.4, -0.2) is 21.3 Å². The molecule has 1 atom stereocenters. The lowest BCUT2D eigenvalue weighted by molar-refractivity contribution is 0.0935. The number of hydrogen-bond donors (Lipinski definition) is 2. The van der Waals surface area contributed by atoms with Crippen molar-refractivity contribution in [1.29, 1.82) is 0 Å². The summed E-state index contributed by atoms with van der Waals surface area (Å²) in [7, 11) is 0. The SMILES string of the molecule is Cc1ccc(-c2cn3cc(C(=O)N[C@@H](C)C4CC4)c(C4CC4)c3c(=O)[nH]2)cc1Cl. The second kappa shape index (κ2) is 6.77. The van der Waals surface area contributed by atoms with Gasteiger partial charge in [0.05, 0.1) is 11.3 Å². The molecule has 150 valence electrons. The van der Waals surface area contributed by atoms with Crippen LogP contribution < -0.4 is 10.9 Å². The summed E-state index contributed by atoms with van der Waals surface area (Å²) in [5.74, 6) is 0.800. The first-order chi connectivity index (χ1) is 13.9. The molecule has 6 heteroatoms. The largest absolute Gasteiger partial charge is 0.349 e. The minimum Gasteiger partial charge on any atom is -0.349 e. The maximum atomic E-state index is 13.0. The number of carbonyl (C=O) groups is 1. The first-order valence-electron chi connectivity index (χ1n) is 10.3. The summed E-state index contributed by atoms with van der Waals surface area (Å²) in [5, 5.41) is 3.80. The van der Waals surface area contributed by atoms with E-state index in [1.807, 2.05) is 41.9 Å². The number of hydrogen-bond acceptors (Lipinski definition) is 2. The van der Waals surface area contributed by atoms with E-state index in [1.165, 1.54) is 12.8 Å². The Balaban J connectivity index is 1.60. The topological polar surface area (TPSA) is 66.4 Å². The van der Waals surface area contributed by atoms with Crippen LogP contribution in [-0.2, 0) is 0 Å². The van der Waals surface area contributed by atoms with Crippen LogP contribution in [0.4, 0.5) is 0 Å². The fourth-order valence-electron chi connectivity index (χ4n) is 4.11. The highest BCUT2D eigenvalue weighted by molar-refractivity contribution is 6.31. The van der Waals surface area contributed by atoms with Crippen molar-refractivity contribution in [2.24, 2.45) is 5.92 Å². The molecule has 2 fully saturated rings. The van der Waals surface area contributed by atoms with Crippen LogP contribution in [0, 0.1) is 12.8 Å². The molecule has 2 aromatic heterocycles. The number of aryl methyl sites for hydroxylation is 1. The number of halogens is 1. The van der Waals surface area contributed by atoms with E-state index in [2.05, 4.69) is 17.2 Å². The van der Waals surface area contributed by atoms with Gasteiger partial charge in [0.1, 0.15) is 5.52 Å². The number of fused-ring (bicyclic) bond motifs is 1. The Morgan fingerprint density at radius 2 is 2.00 bits per heavy atom. The first kappa shape index (κ1) is 18.5. The van der Waals surface area contributed by atoms with Crippen molar-refractivity contribution in [3.8, 4) is 11.3 Å². The van der Waals surface area contributed by atoms with Crippen molar-refractivity contribution in [2.45, 2.75) is 51.5 Å². The maximum Gasteiger partial charge on any atom is 0.273 e. The molecular formula is C23H24ClN3O2. The molecule has 5 rings (SSSR count). The van der Waals surface area contributed by atoms with Crippen molar-refractivity contribution >= 4 is 23.0 Å². The van der Waals surface area contributed by atoms with Gasteiger partial charge < -0.3 is 14.7 Å². The number of nitrogens with one attached hydrogen (secondary N) is 2. The molecule has 0 saturated heterocycles. The number of amides is 1. The molecule has 0 bridgehead atoms. The van der Waals surface area contributed by atoms with Gasteiger partial charge in [-0.2, -0.15) is 0 Å². The summed E-state index contributed by atoms with van der Waals surface area (Å²) in [6.07, 6.45) is 8.09. The summed E-state index contributed by atoms with van der Waals surface area (Å²) in [6.45, 7) is 4.01. The van der Waals surface area contributed by atoms with Gasteiger partial charge >= 0.3 is 0 Å². The van der Waals surface area contributed by atoms with Gasteiger partial charge in [0.25, 0.3) is 11.5 Å². The molecule has 0 unspecified atom stereocenters. The highest BCUT2D eigenvalue weighted by atomic mass is 35.5. The van der Waals surface area contributed by atoms with E-state index in [0.29, 0.717) is 27.7 Å². The van der Waals surface area contributed by atoms with E-state index in [4.69, 9.17) is 11.6 Å². The molecule has 1 aromatic carbocycles. The van der Waals surface area contributed by atoms with Crippen LogP contribution in [0.1, 0.15) is 60.0 Å². The van der Waals surface area contributed by atoms with Gasteiger partial charge in [-0.3, -0.25) is 9.59 Å². The average Bonchev–Trinajstić information content (AvgIpc) is 3.60. The molecule has 2 aliphatic rings. The van der Waals surface area contributed by atoms with Crippen molar-refractivity contribution in [1.82, 2.24) is 14.7 Å². The standard InChI is InChI=1S/C23H24ClN3O2/c1-12-3-4-16(9-18(12)24)19-11-27-10-17(22(28)25-13(2)14-5-6-14)20(15-7-8-15)21(27)23(29)26-19/h3-4,9-11,13-15H,5-8H2,1-2H3,(H,25,28)(H,26,29)/t13-/m0/s1. The predicted octanol–water partition coefficient (Wildman–Crippen LogP) is 4.66. The maximum absolute atomic E-state index is 13.0. The molecule has 5 nitrogen and oxygen atoms in total. The summed E-state index contributed by atoms with van der Waals surface area (Å²) >= 11 is 6.27. The molecule has 0 radical (unpaired) electrons. The second-order valence-electron chi connectivity index (χ2n) is 8.55. The monoisotopic (exact) mass is 409 g/mol. The van der Waals surface area contributed by atoms with Gasteiger partial charge in [-0.25, -0.2) is 0 Å². The molecule has 0 spiro atoms.